The van der Waals surface area contributed by atoms with Crippen molar-refractivity contribution in [3.63, 3.8) is 0 Å². The second kappa shape index (κ2) is 8.88. The summed E-state index contributed by atoms with van der Waals surface area (Å²) in [6.45, 7) is 1.43. The third-order valence-electron chi connectivity index (χ3n) is 5.31. The van der Waals surface area contributed by atoms with Crippen LogP contribution >= 0.6 is 11.8 Å². The maximum Gasteiger partial charge on any atom is 0.160 e. The van der Waals surface area contributed by atoms with Crippen molar-refractivity contribution in [2.75, 3.05) is 25.7 Å². The van der Waals surface area contributed by atoms with E-state index in [0.717, 1.165) is 40.4 Å². The largest absolute Gasteiger partial charge is 0.504 e. The summed E-state index contributed by atoms with van der Waals surface area (Å²) in [7, 11) is 3.19. The smallest absolute Gasteiger partial charge is 0.160 e. The molecule has 3 aromatic carbocycles. The zero-order valence-electron chi connectivity index (χ0n) is 17.0. The number of halogens is 1. The van der Waals surface area contributed by atoms with Crippen LogP contribution < -0.4 is 14.4 Å². The van der Waals surface area contributed by atoms with E-state index in [1.54, 1.807) is 38.1 Å². The molecule has 156 valence electrons. The lowest BCUT2D eigenvalue weighted by atomic mass is 10.1. The maximum atomic E-state index is 14.5. The molecule has 0 bridgehead atoms. The lowest BCUT2D eigenvalue weighted by Crippen LogP contribution is -2.24. The van der Waals surface area contributed by atoms with Crippen molar-refractivity contribution in [3.05, 3.63) is 77.6 Å². The molecule has 0 saturated carbocycles. The third-order valence-corrected chi connectivity index (χ3v) is 6.66. The second-order valence-corrected chi connectivity index (χ2v) is 8.42. The molecular formula is C24H24FNO3S. The molecule has 30 heavy (non-hydrogen) atoms. The van der Waals surface area contributed by atoms with E-state index in [0.29, 0.717) is 12.3 Å². The van der Waals surface area contributed by atoms with E-state index in [4.69, 9.17) is 9.47 Å². The Bertz CT molecular complexity index is 1040. The molecule has 3 aromatic rings. The summed E-state index contributed by atoms with van der Waals surface area (Å²) in [6.07, 6.45) is 0.803. The fraction of sp³-hybridized carbons (Fsp3) is 0.250. The molecular weight excluding hydrogens is 401 g/mol. The number of benzene rings is 3. The Morgan fingerprint density at radius 1 is 1.07 bits per heavy atom. The number of aromatic hydroxyl groups is 1. The molecule has 0 aromatic heterocycles. The molecule has 0 saturated heterocycles. The molecule has 0 amide bonds. The highest BCUT2D eigenvalue weighted by Crippen LogP contribution is 2.47. The van der Waals surface area contributed by atoms with E-state index in [-0.39, 0.29) is 16.8 Å². The lowest BCUT2D eigenvalue weighted by Gasteiger charge is -2.25. The highest BCUT2D eigenvalue weighted by Gasteiger charge is 2.25. The van der Waals surface area contributed by atoms with Gasteiger partial charge in [0.05, 0.1) is 19.9 Å². The normalized spacial score (nSPS) is 16.0. The molecule has 1 unspecified atom stereocenters. The standard InChI is InChI=1S/C24H24FNO3S/c1-28-17-8-9-20-24(14-17)30-23(18-5-3-4-6-19(18)25)11-12-26(20)15-16-7-10-21(27)22(13-16)29-2/h3-10,13-14,23,27H,11-12,15H2,1-2H3. The van der Waals surface area contributed by atoms with Gasteiger partial charge in [-0.1, -0.05) is 24.3 Å². The summed E-state index contributed by atoms with van der Waals surface area (Å²) < 4.78 is 25.2. The summed E-state index contributed by atoms with van der Waals surface area (Å²) in [5.74, 6) is 1.19. The molecule has 1 N–H and O–H groups in total. The first-order valence-electron chi connectivity index (χ1n) is 9.79. The van der Waals surface area contributed by atoms with Crippen molar-refractivity contribution >= 4 is 17.4 Å². The Kier molecular flexibility index (Phi) is 6.04. The number of thioether (sulfide) groups is 1. The summed E-state index contributed by atoms with van der Waals surface area (Å²) in [4.78, 5) is 3.35. The topological polar surface area (TPSA) is 41.9 Å². The molecule has 0 fully saturated rings. The van der Waals surface area contributed by atoms with Crippen molar-refractivity contribution in [3.8, 4) is 17.2 Å². The van der Waals surface area contributed by atoms with E-state index >= 15 is 0 Å². The van der Waals surface area contributed by atoms with Gasteiger partial charge in [-0.25, -0.2) is 4.39 Å². The zero-order valence-corrected chi connectivity index (χ0v) is 17.8. The highest BCUT2D eigenvalue weighted by atomic mass is 32.2. The molecule has 1 atom stereocenters. The number of hydrogen-bond acceptors (Lipinski definition) is 5. The fourth-order valence-corrected chi connectivity index (χ4v) is 5.09. The Balaban J connectivity index is 1.69. The Morgan fingerprint density at radius 3 is 2.67 bits per heavy atom. The predicted octanol–water partition coefficient (Wildman–Crippen LogP) is 5.79. The number of hydrogen-bond donors (Lipinski definition) is 1. The number of rotatable bonds is 5. The van der Waals surface area contributed by atoms with Gasteiger partial charge < -0.3 is 19.5 Å². The molecule has 1 aliphatic heterocycles. The van der Waals surface area contributed by atoms with E-state index < -0.39 is 0 Å². The minimum atomic E-state index is -0.170. The molecule has 0 spiro atoms. The average molecular weight is 426 g/mol. The van der Waals surface area contributed by atoms with Gasteiger partial charge in [0.25, 0.3) is 0 Å². The number of nitrogens with zero attached hydrogens (tertiary/aromatic N) is 1. The first-order chi connectivity index (χ1) is 14.6. The van der Waals surface area contributed by atoms with Crippen molar-refractivity contribution < 1.29 is 19.0 Å². The number of anilines is 1. The molecule has 0 radical (unpaired) electrons. The molecule has 1 aliphatic rings. The van der Waals surface area contributed by atoms with Crippen LogP contribution in [0.4, 0.5) is 10.1 Å². The van der Waals surface area contributed by atoms with Crippen LogP contribution in [0, 0.1) is 5.82 Å². The minimum absolute atomic E-state index is 0.0106. The summed E-state index contributed by atoms with van der Waals surface area (Å²) in [5, 5.41) is 9.91. The lowest BCUT2D eigenvalue weighted by molar-refractivity contribution is 0.373. The average Bonchev–Trinajstić information content (AvgIpc) is 2.94. The van der Waals surface area contributed by atoms with Gasteiger partial charge in [0.2, 0.25) is 0 Å². The number of fused-ring (bicyclic) bond motifs is 1. The van der Waals surface area contributed by atoms with E-state index in [1.165, 1.54) is 6.07 Å². The van der Waals surface area contributed by atoms with Crippen LogP contribution in [0.3, 0.4) is 0 Å². The predicted molar refractivity (Wildman–Crippen MR) is 118 cm³/mol. The first-order valence-corrected chi connectivity index (χ1v) is 10.7. The zero-order chi connectivity index (χ0) is 21.1. The van der Waals surface area contributed by atoms with Crippen LogP contribution in [0.15, 0.2) is 65.6 Å². The molecule has 1 heterocycles. The first kappa shape index (κ1) is 20.4. The van der Waals surface area contributed by atoms with Gasteiger partial charge in [-0.15, -0.1) is 11.8 Å². The summed E-state index contributed by atoms with van der Waals surface area (Å²) in [5.41, 5.74) is 2.84. The minimum Gasteiger partial charge on any atom is -0.504 e. The van der Waals surface area contributed by atoms with Crippen LogP contribution in [-0.4, -0.2) is 25.9 Å². The van der Waals surface area contributed by atoms with Gasteiger partial charge >= 0.3 is 0 Å². The van der Waals surface area contributed by atoms with Gasteiger partial charge in [-0.2, -0.15) is 0 Å². The van der Waals surface area contributed by atoms with Crippen molar-refractivity contribution in [2.45, 2.75) is 23.1 Å². The van der Waals surface area contributed by atoms with Gasteiger partial charge in [0, 0.05) is 28.8 Å². The maximum absolute atomic E-state index is 14.5. The Labute approximate surface area is 180 Å². The molecule has 4 rings (SSSR count). The van der Waals surface area contributed by atoms with Crippen LogP contribution in [-0.2, 0) is 6.54 Å². The fourth-order valence-electron chi connectivity index (χ4n) is 3.74. The van der Waals surface area contributed by atoms with E-state index in [2.05, 4.69) is 11.0 Å². The monoisotopic (exact) mass is 425 g/mol. The van der Waals surface area contributed by atoms with Crippen LogP contribution in [0.5, 0.6) is 17.2 Å². The van der Waals surface area contributed by atoms with Crippen LogP contribution in [0.25, 0.3) is 0 Å². The third kappa shape index (κ3) is 4.19. The summed E-state index contributed by atoms with van der Waals surface area (Å²) >= 11 is 1.67. The van der Waals surface area contributed by atoms with E-state index in [1.807, 2.05) is 36.4 Å². The highest BCUT2D eigenvalue weighted by molar-refractivity contribution is 7.99. The van der Waals surface area contributed by atoms with Crippen molar-refractivity contribution in [1.29, 1.82) is 0 Å². The number of phenols is 1. The van der Waals surface area contributed by atoms with Crippen molar-refractivity contribution in [2.24, 2.45) is 0 Å². The number of methoxy groups -OCH3 is 2. The SMILES string of the molecule is COc1ccc2c(c1)SC(c1ccccc1F)CCN2Cc1ccc(O)c(OC)c1. The molecule has 6 heteroatoms. The Hall–Kier alpha value is -2.86. The van der Waals surface area contributed by atoms with Gasteiger partial charge in [0.15, 0.2) is 11.5 Å². The van der Waals surface area contributed by atoms with Gasteiger partial charge in [-0.3, -0.25) is 0 Å². The van der Waals surface area contributed by atoms with E-state index in [9.17, 15) is 9.50 Å². The molecule has 0 aliphatic carbocycles. The number of ether oxygens (including phenoxy) is 2. The molecule has 4 nitrogen and oxygen atoms in total. The Morgan fingerprint density at radius 2 is 1.90 bits per heavy atom. The number of phenolic OH excluding ortho intramolecular Hbond substituents is 1. The van der Waals surface area contributed by atoms with Gasteiger partial charge in [0.1, 0.15) is 11.6 Å². The summed E-state index contributed by atoms with van der Waals surface area (Å²) in [6, 6.07) is 18.4. The second-order valence-electron chi connectivity index (χ2n) is 7.18. The quantitative estimate of drug-likeness (QED) is 0.560. The van der Waals surface area contributed by atoms with Gasteiger partial charge in [-0.05, 0) is 48.4 Å². The van der Waals surface area contributed by atoms with Crippen LogP contribution in [0.1, 0.15) is 22.8 Å². The van der Waals surface area contributed by atoms with Crippen molar-refractivity contribution in [1.82, 2.24) is 0 Å². The van der Waals surface area contributed by atoms with Crippen LogP contribution in [0.2, 0.25) is 0 Å².